The maximum Gasteiger partial charge on any atom is 0.0729 e. The fraction of sp³-hybridized carbons (Fsp3) is 0.533. The largest absolute Gasteiger partial charge is 0.398 e. The molecular weight excluding hydrogens is 809 g/mol. The first-order chi connectivity index (χ1) is 32.3. The van der Waals surface area contributed by atoms with Crippen molar-refractivity contribution >= 4 is 65.8 Å². The Balaban J connectivity index is 1.28. The molecule has 1 fully saturated rings. The normalized spacial score (nSPS) is 17.3. The third kappa shape index (κ3) is 11.4. The summed E-state index contributed by atoms with van der Waals surface area (Å²) in [5, 5.41) is 34.3. The molecular formula is C60H84N4O2. The van der Waals surface area contributed by atoms with Crippen LogP contribution in [0.1, 0.15) is 179 Å². The number of rotatable bonds is 28. The molecule has 0 unspecified atom stereocenters. The van der Waals surface area contributed by atoms with Crippen LogP contribution in [0.2, 0.25) is 0 Å². The molecule has 1 saturated carbocycles. The summed E-state index contributed by atoms with van der Waals surface area (Å²) in [6, 6.07) is 30.6. The summed E-state index contributed by atoms with van der Waals surface area (Å²) in [4.78, 5) is 5.17. The molecule has 0 heterocycles. The first-order valence-electron chi connectivity index (χ1n) is 26.7. The molecule has 0 aliphatic heterocycles. The van der Waals surface area contributed by atoms with Crippen LogP contribution in [0.4, 0.5) is 22.7 Å². The van der Waals surface area contributed by atoms with Crippen molar-refractivity contribution in [3.63, 3.8) is 0 Å². The van der Waals surface area contributed by atoms with E-state index >= 15 is 0 Å². The SMILES string of the molecule is CCCCCCCN(CCCCCCC)c1cc(N)c(C2C(O)C(c3c(N)cc(N(CCCCCCC)CCCCCCC)c4cc5ccccc5cc34)C2O)c2cc3ccccc3cc12. The average Bonchev–Trinajstić information content (AvgIpc) is 3.33. The Labute approximate surface area is 398 Å². The summed E-state index contributed by atoms with van der Waals surface area (Å²) in [6.45, 7) is 13.1. The van der Waals surface area contributed by atoms with Crippen molar-refractivity contribution in [3.05, 3.63) is 96.1 Å². The van der Waals surface area contributed by atoms with Gasteiger partial charge in [-0.2, -0.15) is 0 Å². The topological polar surface area (TPSA) is 99.0 Å². The molecule has 6 nitrogen and oxygen atoms in total. The summed E-state index contributed by atoms with van der Waals surface area (Å²) in [6.07, 6.45) is 22.8. The number of nitrogens with zero attached hydrogens (tertiary/aromatic N) is 2. The van der Waals surface area contributed by atoms with Gasteiger partial charge in [-0.15, -0.1) is 0 Å². The van der Waals surface area contributed by atoms with Crippen LogP contribution in [0.5, 0.6) is 0 Å². The van der Waals surface area contributed by atoms with E-state index in [4.69, 9.17) is 11.5 Å². The number of aliphatic hydroxyl groups is 2. The van der Waals surface area contributed by atoms with Gasteiger partial charge in [-0.05, 0) is 106 Å². The summed E-state index contributed by atoms with van der Waals surface area (Å²) >= 11 is 0. The van der Waals surface area contributed by atoms with Gasteiger partial charge in [0, 0.05) is 71.5 Å². The first kappa shape index (κ1) is 49.4. The van der Waals surface area contributed by atoms with Crippen LogP contribution in [0.15, 0.2) is 84.9 Å². The lowest BCUT2D eigenvalue weighted by Crippen LogP contribution is -2.52. The highest BCUT2D eigenvalue weighted by molar-refractivity contribution is 6.09. The minimum Gasteiger partial charge on any atom is -0.398 e. The second kappa shape index (κ2) is 24.5. The second-order valence-corrected chi connectivity index (χ2v) is 20.0. The zero-order chi connectivity index (χ0) is 46.4. The Morgan fingerprint density at radius 1 is 0.379 bits per heavy atom. The van der Waals surface area contributed by atoms with Crippen LogP contribution in [0.3, 0.4) is 0 Å². The molecule has 0 spiro atoms. The van der Waals surface area contributed by atoms with E-state index in [0.29, 0.717) is 11.4 Å². The maximum absolute atomic E-state index is 12.7. The van der Waals surface area contributed by atoms with Gasteiger partial charge in [0.25, 0.3) is 0 Å². The quantitative estimate of drug-likeness (QED) is 0.0222. The smallest absolute Gasteiger partial charge is 0.0729 e. The molecule has 6 heteroatoms. The maximum atomic E-state index is 12.7. The predicted molar refractivity (Wildman–Crippen MR) is 289 cm³/mol. The zero-order valence-corrected chi connectivity index (χ0v) is 41.3. The average molecular weight is 893 g/mol. The highest BCUT2D eigenvalue weighted by Gasteiger charge is 2.53. The molecule has 356 valence electrons. The van der Waals surface area contributed by atoms with Crippen molar-refractivity contribution < 1.29 is 10.2 Å². The zero-order valence-electron chi connectivity index (χ0n) is 41.3. The van der Waals surface area contributed by atoms with Gasteiger partial charge < -0.3 is 31.5 Å². The molecule has 6 aromatic rings. The molecule has 66 heavy (non-hydrogen) atoms. The van der Waals surface area contributed by atoms with E-state index in [2.05, 4.69) is 122 Å². The van der Waals surface area contributed by atoms with Crippen LogP contribution in [-0.2, 0) is 0 Å². The van der Waals surface area contributed by atoms with Crippen LogP contribution >= 0.6 is 0 Å². The van der Waals surface area contributed by atoms with Crippen molar-refractivity contribution in [1.29, 1.82) is 0 Å². The predicted octanol–water partition coefficient (Wildman–Crippen LogP) is 15.6. The highest BCUT2D eigenvalue weighted by atomic mass is 16.3. The molecule has 1 aliphatic carbocycles. The molecule has 1 aliphatic rings. The first-order valence-corrected chi connectivity index (χ1v) is 26.7. The van der Waals surface area contributed by atoms with Gasteiger partial charge in [0.2, 0.25) is 0 Å². The molecule has 0 saturated heterocycles. The van der Waals surface area contributed by atoms with Crippen molar-refractivity contribution in [3.8, 4) is 0 Å². The summed E-state index contributed by atoms with van der Waals surface area (Å²) < 4.78 is 0. The number of nitrogens with two attached hydrogens (primary N) is 2. The summed E-state index contributed by atoms with van der Waals surface area (Å²) in [5.41, 5.74) is 19.9. The summed E-state index contributed by atoms with van der Waals surface area (Å²) in [7, 11) is 0. The third-order valence-corrected chi connectivity index (χ3v) is 15.1. The van der Waals surface area contributed by atoms with Crippen molar-refractivity contribution in [2.45, 2.75) is 180 Å². The minimum absolute atomic E-state index is 0.568. The standard InChI is InChI=1S/C60H84N4O2/c1-5-9-13-17-25-33-63(34-26-18-14-10-6-2)53-41-51(61)55(49-39-45-31-23-21-29-43(45)37-47(49)53)57-59(65)58(60(57)66)56-50-40-46-32-24-22-30-44(46)38-48(50)54(42-52(56)62)64(35-27-19-15-11-7-3)36-28-20-16-12-8-4/h21-24,29-32,37-42,57-60,65-66H,5-20,25-28,33-36,61-62H2,1-4H3. The highest BCUT2D eigenvalue weighted by Crippen LogP contribution is 2.55. The van der Waals surface area contributed by atoms with Gasteiger partial charge in [0.1, 0.15) is 0 Å². The molecule has 0 aromatic heterocycles. The molecule has 0 radical (unpaired) electrons. The third-order valence-electron chi connectivity index (χ3n) is 15.1. The van der Waals surface area contributed by atoms with Gasteiger partial charge in [0.15, 0.2) is 0 Å². The Hall–Kier alpha value is -4.52. The van der Waals surface area contributed by atoms with E-state index in [1.54, 1.807) is 0 Å². The molecule has 0 atom stereocenters. The Morgan fingerprint density at radius 2 is 0.652 bits per heavy atom. The lowest BCUT2D eigenvalue weighted by atomic mass is 9.61. The minimum atomic E-state index is -0.882. The Morgan fingerprint density at radius 3 is 0.939 bits per heavy atom. The van der Waals surface area contributed by atoms with Gasteiger partial charge in [-0.3, -0.25) is 0 Å². The van der Waals surface area contributed by atoms with Crippen molar-refractivity contribution in [1.82, 2.24) is 0 Å². The van der Waals surface area contributed by atoms with Crippen LogP contribution in [-0.4, -0.2) is 48.6 Å². The number of benzene rings is 6. The van der Waals surface area contributed by atoms with E-state index in [1.165, 1.54) is 125 Å². The molecule has 0 bridgehead atoms. The van der Waals surface area contributed by atoms with Crippen molar-refractivity contribution in [2.75, 3.05) is 47.4 Å². The number of aliphatic hydroxyl groups excluding tert-OH is 2. The molecule has 7 rings (SSSR count). The Bertz CT molecular complexity index is 2260. The number of unbranched alkanes of at least 4 members (excludes halogenated alkanes) is 16. The molecule has 6 N–H and O–H groups in total. The van der Waals surface area contributed by atoms with Crippen LogP contribution in [0, 0.1) is 0 Å². The number of fused-ring (bicyclic) bond motifs is 4. The summed E-state index contributed by atoms with van der Waals surface area (Å²) in [5.74, 6) is -1.14. The number of hydrogen-bond donors (Lipinski definition) is 4. The Kier molecular flexibility index (Phi) is 18.3. The number of nitrogen functional groups attached to an aromatic ring is 2. The number of hydrogen-bond acceptors (Lipinski definition) is 6. The monoisotopic (exact) mass is 893 g/mol. The molecule has 0 amide bonds. The van der Waals surface area contributed by atoms with Gasteiger partial charge >= 0.3 is 0 Å². The van der Waals surface area contributed by atoms with Gasteiger partial charge in [0.05, 0.1) is 12.2 Å². The lowest BCUT2D eigenvalue weighted by molar-refractivity contribution is -0.0770. The van der Waals surface area contributed by atoms with E-state index in [1.807, 2.05) is 0 Å². The second-order valence-electron chi connectivity index (χ2n) is 20.0. The van der Waals surface area contributed by atoms with E-state index in [9.17, 15) is 10.2 Å². The van der Waals surface area contributed by atoms with E-state index in [0.717, 1.165) is 95.3 Å². The molecule has 6 aromatic carbocycles. The van der Waals surface area contributed by atoms with Crippen LogP contribution in [0.25, 0.3) is 43.1 Å². The van der Waals surface area contributed by atoms with Crippen molar-refractivity contribution in [2.24, 2.45) is 0 Å². The van der Waals surface area contributed by atoms with Gasteiger partial charge in [-0.25, -0.2) is 0 Å². The fourth-order valence-electron chi connectivity index (χ4n) is 11.3. The van der Waals surface area contributed by atoms with Crippen LogP contribution < -0.4 is 21.3 Å². The lowest BCUT2D eigenvalue weighted by Gasteiger charge is -2.48. The fourth-order valence-corrected chi connectivity index (χ4v) is 11.3. The number of anilines is 4. The van der Waals surface area contributed by atoms with E-state index < -0.39 is 24.0 Å². The van der Waals surface area contributed by atoms with E-state index in [-0.39, 0.29) is 0 Å². The van der Waals surface area contributed by atoms with Gasteiger partial charge in [-0.1, -0.05) is 179 Å².